The van der Waals surface area contributed by atoms with E-state index in [2.05, 4.69) is 6.58 Å². The number of hydrogen-bond donors (Lipinski definition) is 0. The first kappa shape index (κ1) is 10.7. The van der Waals surface area contributed by atoms with E-state index >= 15 is 0 Å². The summed E-state index contributed by atoms with van der Waals surface area (Å²) in [5, 5.41) is 0. The van der Waals surface area contributed by atoms with Gasteiger partial charge in [0.2, 0.25) is 0 Å². The van der Waals surface area contributed by atoms with Crippen LogP contribution < -0.4 is 0 Å². The average molecular weight is 208 g/mol. The number of carbonyl (C=O) groups is 1. The summed E-state index contributed by atoms with van der Waals surface area (Å²) in [6.45, 7) is 3.79. The van der Waals surface area contributed by atoms with Crippen molar-refractivity contribution in [1.29, 1.82) is 0 Å². The van der Waals surface area contributed by atoms with E-state index in [9.17, 15) is 4.79 Å². The number of ether oxygens (including phenoxy) is 1. The summed E-state index contributed by atoms with van der Waals surface area (Å²) in [4.78, 5) is 11.8. The van der Waals surface area contributed by atoms with Gasteiger partial charge in [-0.1, -0.05) is 12.5 Å². The summed E-state index contributed by atoms with van der Waals surface area (Å²) in [7, 11) is 1.51. The monoisotopic (exact) mass is 208 g/mol. The Labute approximate surface area is 91.7 Å². The largest absolute Gasteiger partial charge is 0.469 e. The first-order chi connectivity index (χ1) is 7.26. The van der Waals surface area contributed by atoms with E-state index in [-0.39, 0.29) is 11.9 Å². The van der Waals surface area contributed by atoms with E-state index in [0.29, 0.717) is 11.8 Å². The van der Waals surface area contributed by atoms with Gasteiger partial charge in [0.1, 0.15) is 0 Å². The predicted octanol–water partition coefficient (Wildman–Crippen LogP) is 2.79. The molecular formula is C13H20O2. The smallest absolute Gasteiger partial charge is 0.309 e. The summed E-state index contributed by atoms with van der Waals surface area (Å²) in [6, 6.07) is 0. The number of carbonyl (C=O) groups excluding carboxylic acids is 1. The number of methoxy groups -OCH3 is 1. The Bertz CT molecular complexity index is 259. The molecule has 2 nitrogen and oxygen atoms in total. The third-order valence-electron chi connectivity index (χ3n) is 4.18. The lowest BCUT2D eigenvalue weighted by molar-refractivity contribution is -0.151. The van der Waals surface area contributed by atoms with Crippen LogP contribution in [0.1, 0.15) is 32.1 Å². The molecule has 4 unspecified atom stereocenters. The van der Waals surface area contributed by atoms with Crippen LogP contribution >= 0.6 is 0 Å². The number of fused-ring (bicyclic) bond motifs is 2. The second-order valence-electron chi connectivity index (χ2n) is 5.01. The number of esters is 1. The maximum atomic E-state index is 11.8. The highest BCUT2D eigenvalue weighted by Crippen LogP contribution is 2.49. The summed E-state index contributed by atoms with van der Waals surface area (Å²) in [5.41, 5.74) is 0. The first-order valence-electron chi connectivity index (χ1n) is 5.95. The minimum atomic E-state index is 0.00667. The van der Waals surface area contributed by atoms with Crippen molar-refractivity contribution in [2.45, 2.75) is 32.1 Å². The van der Waals surface area contributed by atoms with E-state index in [1.807, 2.05) is 6.08 Å². The van der Waals surface area contributed by atoms with Gasteiger partial charge in [0.05, 0.1) is 13.0 Å². The van der Waals surface area contributed by atoms with Gasteiger partial charge in [-0.25, -0.2) is 0 Å². The zero-order valence-corrected chi connectivity index (χ0v) is 9.45. The van der Waals surface area contributed by atoms with Crippen LogP contribution in [0.15, 0.2) is 12.7 Å². The Hall–Kier alpha value is -0.790. The standard InChI is InChI=1S/C13H20O2/c1-3-4-10-7-9-5-6-11(8-9)12(10)13(14)15-2/h3,9-12H,1,4-8H2,2H3. The Balaban J connectivity index is 2.13. The Morgan fingerprint density at radius 2 is 2.27 bits per heavy atom. The summed E-state index contributed by atoms with van der Waals surface area (Å²) >= 11 is 0. The first-order valence-corrected chi connectivity index (χ1v) is 5.95. The van der Waals surface area contributed by atoms with Crippen molar-refractivity contribution in [2.75, 3.05) is 7.11 Å². The van der Waals surface area contributed by atoms with Gasteiger partial charge in [-0.15, -0.1) is 6.58 Å². The third-order valence-corrected chi connectivity index (χ3v) is 4.18. The van der Waals surface area contributed by atoms with Crippen LogP contribution in [0.3, 0.4) is 0 Å². The lowest BCUT2D eigenvalue weighted by Crippen LogP contribution is -2.34. The molecule has 0 heterocycles. The third kappa shape index (κ3) is 1.95. The van der Waals surface area contributed by atoms with Crippen LogP contribution in [0.4, 0.5) is 0 Å². The number of rotatable bonds is 3. The molecule has 0 aliphatic heterocycles. The lowest BCUT2D eigenvalue weighted by Gasteiger charge is -2.34. The van der Waals surface area contributed by atoms with Crippen molar-refractivity contribution in [3.63, 3.8) is 0 Å². The highest BCUT2D eigenvalue weighted by Gasteiger charge is 2.45. The molecule has 15 heavy (non-hydrogen) atoms. The zero-order valence-electron chi connectivity index (χ0n) is 9.45. The van der Waals surface area contributed by atoms with Crippen molar-refractivity contribution < 1.29 is 9.53 Å². The molecular weight excluding hydrogens is 188 g/mol. The maximum absolute atomic E-state index is 11.8. The minimum absolute atomic E-state index is 0.00667. The molecule has 0 aromatic rings. The molecule has 0 spiro atoms. The fourth-order valence-corrected chi connectivity index (χ4v) is 3.59. The van der Waals surface area contributed by atoms with Gasteiger partial charge < -0.3 is 4.74 Å². The molecule has 0 saturated heterocycles. The van der Waals surface area contributed by atoms with Crippen molar-refractivity contribution >= 4 is 5.97 Å². The van der Waals surface area contributed by atoms with Crippen LogP contribution in [-0.2, 0) is 9.53 Å². The average Bonchev–Trinajstić information content (AvgIpc) is 2.61. The number of hydrogen-bond acceptors (Lipinski definition) is 2. The van der Waals surface area contributed by atoms with E-state index in [1.54, 1.807) is 0 Å². The van der Waals surface area contributed by atoms with Crippen LogP contribution in [-0.4, -0.2) is 13.1 Å². The molecule has 2 rings (SSSR count). The van der Waals surface area contributed by atoms with Gasteiger partial charge in [-0.2, -0.15) is 0 Å². The Morgan fingerprint density at radius 3 is 2.93 bits per heavy atom. The summed E-state index contributed by atoms with van der Waals surface area (Å²) in [5.74, 6) is 2.09. The second-order valence-corrected chi connectivity index (χ2v) is 5.01. The van der Waals surface area contributed by atoms with Crippen molar-refractivity contribution in [3.8, 4) is 0 Å². The normalized spacial score (nSPS) is 38.7. The van der Waals surface area contributed by atoms with Crippen LogP contribution in [0, 0.1) is 23.7 Å². The van der Waals surface area contributed by atoms with Gasteiger partial charge in [0, 0.05) is 0 Å². The van der Waals surface area contributed by atoms with Crippen molar-refractivity contribution in [1.82, 2.24) is 0 Å². The van der Waals surface area contributed by atoms with Crippen molar-refractivity contribution in [2.24, 2.45) is 23.7 Å². The fraction of sp³-hybridized carbons (Fsp3) is 0.769. The highest BCUT2D eigenvalue weighted by molar-refractivity contribution is 5.73. The predicted molar refractivity (Wildman–Crippen MR) is 59.3 cm³/mol. The van der Waals surface area contributed by atoms with E-state index < -0.39 is 0 Å². The van der Waals surface area contributed by atoms with Gasteiger partial charge in [-0.05, 0) is 43.4 Å². The van der Waals surface area contributed by atoms with Gasteiger partial charge >= 0.3 is 5.97 Å². The molecule has 0 aromatic carbocycles. The van der Waals surface area contributed by atoms with Crippen LogP contribution in [0.2, 0.25) is 0 Å². The summed E-state index contributed by atoms with van der Waals surface area (Å²) in [6.07, 6.45) is 7.89. The Morgan fingerprint density at radius 1 is 1.47 bits per heavy atom. The quantitative estimate of drug-likeness (QED) is 0.526. The number of allylic oxidation sites excluding steroid dienone is 1. The fourth-order valence-electron chi connectivity index (χ4n) is 3.59. The molecule has 2 fully saturated rings. The molecule has 4 atom stereocenters. The molecule has 84 valence electrons. The summed E-state index contributed by atoms with van der Waals surface area (Å²) < 4.78 is 4.94. The minimum Gasteiger partial charge on any atom is -0.469 e. The van der Waals surface area contributed by atoms with Gasteiger partial charge in [-0.3, -0.25) is 4.79 Å². The SMILES string of the molecule is C=CCC1CC2CCC(C2)C1C(=O)OC. The lowest BCUT2D eigenvalue weighted by atomic mass is 9.71. The second kappa shape index (κ2) is 4.38. The van der Waals surface area contributed by atoms with Gasteiger partial charge in [0.15, 0.2) is 0 Å². The van der Waals surface area contributed by atoms with Crippen LogP contribution in [0.25, 0.3) is 0 Å². The maximum Gasteiger partial charge on any atom is 0.309 e. The molecule has 2 saturated carbocycles. The molecule has 0 N–H and O–H groups in total. The van der Waals surface area contributed by atoms with Crippen LogP contribution in [0.5, 0.6) is 0 Å². The topological polar surface area (TPSA) is 26.3 Å². The molecule has 2 bridgehead atoms. The molecule has 2 aliphatic rings. The zero-order chi connectivity index (χ0) is 10.8. The Kier molecular flexibility index (Phi) is 3.13. The molecule has 0 aromatic heterocycles. The van der Waals surface area contributed by atoms with Crippen molar-refractivity contribution in [3.05, 3.63) is 12.7 Å². The molecule has 2 aliphatic carbocycles. The molecule has 0 amide bonds. The van der Waals surface area contributed by atoms with E-state index in [4.69, 9.17) is 4.74 Å². The highest BCUT2D eigenvalue weighted by atomic mass is 16.5. The van der Waals surface area contributed by atoms with E-state index in [0.717, 1.165) is 12.3 Å². The van der Waals surface area contributed by atoms with Gasteiger partial charge in [0.25, 0.3) is 0 Å². The molecule has 0 radical (unpaired) electrons. The van der Waals surface area contributed by atoms with E-state index in [1.165, 1.54) is 32.8 Å². The molecule has 2 heteroatoms.